The molecule has 3 nitrogen and oxygen atoms in total. The highest BCUT2D eigenvalue weighted by molar-refractivity contribution is 5.96. The molecule has 0 atom stereocenters. The van der Waals surface area contributed by atoms with E-state index < -0.39 is 0 Å². The van der Waals surface area contributed by atoms with Gasteiger partial charge in [-0.3, -0.25) is 9.36 Å². The molecule has 1 aromatic heterocycles. The van der Waals surface area contributed by atoms with Gasteiger partial charge in [0.25, 0.3) is 5.91 Å². The van der Waals surface area contributed by atoms with Crippen LogP contribution < -0.4 is 5.73 Å². The molecule has 0 saturated heterocycles. The molecule has 2 N–H and O–H groups in total. The van der Waals surface area contributed by atoms with Gasteiger partial charge in [0, 0.05) is 18.0 Å². The van der Waals surface area contributed by atoms with E-state index in [1.54, 1.807) is 10.8 Å². The Balaban J connectivity index is 2.26. The Morgan fingerprint density at radius 3 is 2.67 bits per heavy atom. The first kappa shape index (κ1) is 12.6. The minimum absolute atomic E-state index is 0.00127. The third kappa shape index (κ3) is 2.51. The second-order valence-corrected chi connectivity index (χ2v) is 4.57. The molecule has 2 aromatic rings. The van der Waals surface area contributed by atoms with Crippen molar-refractivity contribution in [3.05, 3.63) is 58.9 Å². The summed E-state index contributed by atoms with van der Waals surface area (Å²) >= 11 is 0. The summed E-state index contributed by atoms with van der Waals surface area (Å²) in [4.78, 5) is 12.3. The molecule has 94 valence electrons. The van der Waals surface area contributed by atoms with Crippen molar-refractivity contribution in [2.24, 2.45) is 5.73 Å². The van der Waals surface area contributed by atoms with Crippen LogP contribution in [0.3, 0.4) is 0 Å². The third-order valence-corrected chi connectivity index (χ3v) is 3.18. The first-order valence-electron chi connectivity index (χ1n) is 6.10. The molecule has 0 bridgehead atoms. The van der Waals surface area contributed by atoms with E-state index >= 15 is 0 Å². The average Bonchev–Trinajstić information content (AvgIpc) is 2.81. The number of nitrogens with zero attached hydrogens (tertiary/aromatic N) is 1. The van der Waals surface area contributed by atoms with Crippen molar-refractivity contribution in [3.63, 3.8) is 0 Å². The molecule has 18 heavy (non-hydrogen) atoms. The van der Waals surface area contributed by atoms with E-state index in [0.29, 0.717) is 12.1 Å². The summed E-state index contributed by atoms with van der Waals surface area (Å²) in [6.45, 7) is 4.65. The van der Waals surface area contributed by atoms with Crippen LogP contribution in [-0.2, 0) is 6.42 Å². The SMILES string of the molecule is Cc1ccc(C(=O)n2ccc(CCN)c2)cc1C. The minimum atomic E-state index is 0.00127. The van der Waals surface area contributed by atoms with Crippen molar-refractivity contribution in [2.75, 3.05) is 6.54 Å². The lowest BCUT2D eigenvalue weighted by molar-refractivity contribution is 0.0960. The van der Waals surface area contributed by atoms with Crippen molar-refractivity contribution in [2.45, 2.75) is 20.3 Å². The molecule has 1 heterocycles. The van der Waals surface area contributed by atoms with Gasteiger partial charge in [0.05, 0.1) is 0 Å². The molecule has 0 aliphatic heterocycles. The Hall–Kier alpha value is -1.87. The zero-order chi connectivity index (χ0) is 13.1. The molecule has 0 fully saturated rings. The first-order chi connectivity index (χ1) is 8.61. The van der Waals surface area contributed by atoms with Crippen molar-refractivity contribution < 1.29 is 4.79 Å². The maximum atomic E-state index is 12.3. The third-order valence-electron chi connectivity index (χ3n) is 3.18. The number of aromatic nitrogens is 1. The summed E-state index contributed by atoms with van der Waals surface area (Å²) in [6, 6.07) is 7.71. The van der Waals surface area contributed by atoms with E-state index in [1.165, 1.54) is 5.56 Å². The van der Waals surface area contributed by atoms with E-state index in [2.05, 4.69) is 0 Å². The summed E-state index contributed by atoms with van der Waals surface area (Å²) in [5.41, 5.74) is 9.64. The number of benzene rings is 1. The Morgan fingerprint density at radius 1 is 1.22 bits per heavy atom. The van der Waals surface area contributed by atoms with Gasteiger partial charge in [0.1, 0.15) is 0 Å². The molecule has 0 radical (unpaired) electrons. The van der Waals surface area contributed by atoms with Crippen molar-refractivity contribution in [3.8, 4) is 0 Å². The van der Waals surface area contributed by atoms with Crippen LogP contribution in [0.5, 0.6) is 0 Å². The summed E-state index contributed by atoms with van der Waals surface area (Å²) in [5.74, 6) is 0.00127. The van der Waals surface area contributed by atoms with Crippen LogP contribution in [0.4, 0.5) is 0 Å². The smallest absolute Gasteiger partial charge is 0.261 e. The normalized spacial score (nSPS) is 10.6. The van der Waals surface area contributed by atoms with E-state index in [1.807, 2.05) is 44.3 Å². The van der Waals surface area contributed by atoms with Gasteiger partial charge in [-0.15, -0.1) is 0 Å². The maximum Gasteiger partial charge on any atom is 0.261 e. The van der Waals surface area contributed by atoms with Crippen molar-refractivity contribution >= 4 is 5.91 Å². The lowest BCUT2D eigenvalue weighted by atomic mass is 10.1. The van der Waals surface area contributed by atoms with Crippen LogP contribution >= 0.6 is 0 Å². The Labute approximate surface area is 107 Å². The van der Waals surface area contributed by atoms with E-state index in [0.717, 1.165) is 17.5 Å². The molecule has 0 unspecified atom stereocenters. The second kappa shape index (κ2) is 5.19. The van der Waals surface area contributed by atoms with Gasteiger partial charge in [0.2, 0.25) is 0 Å². The number of carbonyl (C=O) groups is 1. The zero-order valence-electron chi connectivity index (χ0n) is 10.8. The fraction of sp³-hybridized carbons (Fsp3) is 0.267. The van der Waals surface area contributed by atoms with Crippen molar-refractivity contribution in [1.82, 2.24) is 4.57 Å². The molecule has 0 amide bonds. The summed E-state index contributed by atoms with van der Waals surface area (Å²) in [5, 5.41) is 0. The molecular weight excluding hydrogens is 224 g/mol. The molecule has 1 aromatic carbocycles. The average molecular weight is 242 g/mol. The first-order valence-corrected chi connectivity index (χ1v) is 6.10. The van der Waals surface area contributed by atoms with Crippen LogP contribution in [0.15, 0.2) is 36.7 Å². The molecule has 3 heteroatoms. The minimum Gasteiger partial charge on any atom is -0.330 e. The van der Waals surface area contributed by atoms with E-state index in [-0.39, 0.29) is 5.91 Å². The highest BCUT2D eigenvalue weighted by atomic mass is 16.2. The number of hydrogen-bond acceptors (Lipinski definition) is 2. The molecule has 0 aliphatic carbocycles. The van der Waals surface area contributed by atoms with Crippen LogP contribution in [0.2, 0.25) is 0 Å². The van der Waals surface area contributed by atoms with Gasteiger partial charge in [-0.1, -0.05) is 6.07 Å². The second-order valence-electron chi connectivity index (χ2n) is 4.57. The number of carbonyl (C=O) groups excluding carboxylic acids is 1. The fourth-order valence-corrected chi connectivity index (χ4v) is 1.91. The van der Waals surface area contributed by atoms with Crippen LogP contribution in [0, 0.1) is 13.8 Å². The number of aryl methyl sites for hydroxylation is 2. The van der Waals surface area contributed by atoms with Gasteiger partial charge in [-0.2, -0.15) is 0 Å². The highest BCUT2D eigenvalue weighted by Gasteiger charge is 2.09. The van der Waals surface area contributed by atoms with Crippen LogP contribution in [0.25, 0.3) is 0 Å². The molecular formula is C15H18N2O. The van der Waals surface area contributed by atoms with Gasteiger partial charge in [0.15, 0.2) is 0 Å². The molecule has 0 aliphatic rings. The molecule has 2 rings (SSSR count). The number of rotatable bonds is 3. The van der Waals surface area contributed by atoms with E-state index in [4.69, 9.17) is 5.73 Å². The fourth-order valence-electron chi connectivity index (χ4n) is 1.91. The lowest BCUT2D eigenvalue weighted by Crippen LogP contribution is -2.10. The quantitative estimate of drug-likeness (QED) is 0.897. The predicted molar refractivity (Wildman–Crippen MR) is 72.8 cm³/mol. The maximum absolute atomic E-state index is 12.3. The number of hydrogen-bond donors (Lipinski definition) is 1. The van der Waals surface area contributed by atoms with Crippen LogP contribution in [0.1, 0.15) is 27.0 Å². The Morgan fingerprint density at radius 2 is 2.00 bits per heavy atom. The summed E-state index contributed by atoms with van der Waals surface area (Å²) < 4.78 is 1.62. The Bertz CT molecular complexity index is 570. The van der Waals surface area contributed by atoms with E-state index in [9.17, 15) is 4.79 Å². The largest absolute Gasteiger partial charge is 0.330 e. The molecule has 0 saturated carbocycles. The topological polar surface area (TPSA) is 48.0 Å². The zero-order valence-corrected chi connectivity index (χ0v) is 10.8. The van der Waals surface area contributed by atoms with Crippen LogP contribution in [-0.4, -0.2) is 17.0 Å². The van der Waals surface area contributed by atoms with Gasteiger partial charge in [-0.25, -0.2) is 0 Å². The highest BCUT2D eigenvalue weighted by Crippen LogP contribution is 2.12. The summed E-state index contributed by atoms with van der Waals surface area (Å²) in [7, 11) is 0. The standard InChI is InChI=1S/C15H18N2O/c1-11-3-4-14(9-12(11)2)15(18)17-8-6-13(10-17)5-7-16/h3-4,6,8-10H,5,7,16H2,1-2H3. The lowest BCUT2D eigenvalue weighted by Gasteiger charge is -2.05. The summed E-state index contributed by atoms with van der Waals surface area (Å²) in [6.07, 6.45) is 4.44. The van der Waals surface area contributed by atoms with Gasteiger partial charge in [-0.05, 0) is 61.7 Å². The van der Waals surface area contributed by atoms with Gasteiger partial charge < -0.3 is 5.73 Å². The van der Waals surface area contributed by atoms with Gasteiger partial charge >= 0.3 is 0 Å². The van der Waals surface area contributed by atoms with Crippen molar-refractivity contribution in [1.29, 1.82) is 0 Å². The predicted octanol–water partition coefficient (Wildman–Crippen LogP) is 2.29. The Kier molecular flexibility index (Phi) is 3.63. The monoisotopic (exact) mass is 242 g/mol. The number of nitrogens with two attached hydrogens (primary N) is 1. The molecule has 0 spiro atoms.